The number of alkyl halides is 2. The summed E-state index contributed by atoms with van der Waals surface area (Å²) in [4.78, 5) is 23.1. The molecular weight excluding hydrogens is 325 g/mol. The molecule has 0 bridgehead atoms. The first-order valence-electron chi connectivity index (χ1n) is 6.88. The molecule has 0 radical (unpaired) electrons. The molecule has 0 aromatic heterocycles. The third kappa shape index (κ3) is 4.58. The van der Waals surface area contributed by atoms with Gasteiger partial charge in [-0.1, -0.05) is 0 Å². The average molecular weight is 338 g/mol. The Morgan fingerprint density at radius 2 is 1.67 bits per heavy atom. The van der Waals surface area contributed by atoms with Crippen molar-refractivity contribution in [2.45, 2.75) is 13.5 Å². The molecule has 0 aliphatic heterocycles. The number of benzene rings is 2. The van der Waals surface area contributed by atoms with Gasteiger partial charge in [0.25, 0.3) is 0 Å². The molecule has 0 spiro atoms. The van der Waals surface area contributed by atoms with Crippen LogP contribution < -0.4 is 9.47 Å². The Balaban J connectivity index is 1.98. The molecule has 0 heterocycles. The van der Waals surface area contributed by atoms with Crippen LogP contribution in [0.1, 0.15) is 27.6 Å². The van der Waals surface area contributed by atoms with Crippen LogP contribution in [0.5, 0.6) is 11.5 Å². The summed E-state index contributed by atoms with van der Waals surface area (Å²) in [5.41, 5.74) is 0.167. The predicted molar refractivity (Wildman–Crippen MR) is 79.3 cm³/mol. The van der Waals surface area contributed by atoms with Crippen molar-refractivity contribution in [1.82, 2.24) is 0 Å². The van der Waals surface area contributed by atoms with Gasteiger partial charge in [-0.2, -0.15) is 8.78 Å². The molecule has 0 atom stereocenters. The van der Waals surface area contributed by atoms with Crippen LogP contribution in [0, 0.1) is 5.82 Å². The lowest BCUT2D eigenvalue weighted by Crippen LogP contribution is -2.12. The lowest BCUT2D eigenvalue weighted by molar-refractivity contribution is -0.0498. The van der Waals surface area contributed by atoms with Crippen LogP contribution in [0.15, 0.2) is 42.5 Å². The van der Waals surface area contributed by atoms with E-state index in [2.05, 4.69) is 4.74 Å². The molecule has 2 rings (SSSR count). The Bertz CT molecular complexity index is 742. The van der Waals surface area contributed by atoms with Gasteiger partial charge in [-0.3, -0.25) is 9.59 Å². The van der Waals surface area contributed by atoms with Gasteiger partial charge in [0, 0.05) is 11.6 Å². The zero-order chi connectivity index (χ0) is 17.7. The summed E-state index contributed by atoms with van der Waals surface area (Å²) in [6.07, 6.45) is 0. The van der Waals surface area contributed by atoms with E-state index in [-0.39, 0.29) is 29.2 Å². The third-order valence-electron chi connectivity index (χ3n) is 3.09. The Hall–Kier alpha value is -2.83. The van der Waals surface area contributed by atoms with Gasteiger partial charge in [-0.15, -0.1) is 0 Å². The predicted octanol–water partition coefficient (Wildman–Crippen LogP) is 3.89. The highest BCUT2D eigenvalue weighted by Gasteiger charge is 2.11. The van der Waals surface area contributed by atoms with Crippen molar-refractivity contribution in [1.29, 1.82) is 0 Å². The first-order valence-corrected chi connectivity index (χ1v) is 6.88. The second-order valence-corrected chi connectivity index (χ2v) is 4.81. The number of halogens is 3. The molecule has 0 unspecified atom stereocenters. The van der Waals surface area contributed by atoms with E-state index in [9.17, 15) is 22.8 Å². The normalized spacial score (nSPS) is 10.5. The fraction of sp³-hybridized carbons (Fsp3) is 0.176. The minimum absolute atomic E-state index is 0.0654. The van der Waals surface area contributed by atoms with E-state index in [1.807, 2.05) is 0 Å². The van der Waals surface area contributed by atoms with E-state index in [1.165, 1.54) is 43.3 Å². The van der Waals surface area contributed by atoms with Crippen molar-refractivity contribution in [3.05, 3.63) is 59.4 Å². The molecule has 7 heteroatoms. The summed E-state index contributed by atoms with van der Waals surface area (Å²) in [5.74, 6) is -1.54. The van der Waals surface area contributed by atoms with Gasteiger partial charge >= 0.3 is 6.61 Å². The minimum atomic E-state index is -2.94. The first-order chi connectivity index (χ1) is 11.4. The van der Waals surface area contributed by atoms with E-state index in [0.29, 0.717) is 0 Å². The number of rotatable bonds is 7. The second-order valence-electron chi connectivity index (χ2n) is 4.81. The van der Waals surface area contributed by atoms with Crippen molar-refractivity contribution in [3.8, 4) is 11.5 Å². The maximum absolute atomic E-state index is 13.6. The van der Waals surface area contributed by atoms with E-state index in [1.54, 1.807) is 0 Å². The standard InChI is InChI=1S/C17H13F3O4/c1-10(21)14-7-6-13(8-15(14)18)23-9-16(22)11-2-4-12(5-3-11)24-17(19)20/h2-8,17H,9H2,1H3. The summed E-state index contributed by atoms with van der Waals surface area (Å²) in [6.45, 7) is -2.07. The third-order valence-corrected chi connectivity index (χ3v) is 3.09. The molecular formula is C17H13F3O4. The number of carbonyl (C=O) groups excluding carboxylic acids is 2. The van der Waals surface area contributed by atoms with Crippen LogP contribution in [-0.4, -0.2) is 24.8 Å². The second kappa shape index (κ2) is 7.63. The molecule has 126 valence electrons. The fourth-order valence-corrected chi connectivity index (χ4v) is 1.93. The van der Waals surface area contributed by atoms with E-state index in [4.69, 9.17) is 4.74 Å². The zero-order valence-corrected chi connectivity index (χ0v) is 12.6. The Kier molecular flexibility index (Phi) is 5.57. The largest absolute Gasteiger partial charge is 0.485 e. The Labute approximate surface area is 135 Å². The number of carbonyl (C=O) groups is 2. The highest BCUT2D eigenvalue weighted by molar-refractivity contribution is 5.97. The van der Waals surface area contributed by atoms with Crippen molar-refractivity contribution in [3.63, 3.8) is 0 Å². The topological polar surface area (TPSA) is 52.6 Å². The lowest BCUT2D eigenvalue weighted by atomic mass is 10.1. The van der Waals surface area contributed by atoms with Gasteiger partial charge in [0.05, 0.1) is 5.56 Å². The van der Waals surface area contributed by atoms with E-state index in [0.717, 1.165) is 6.07 Å². The van der Waals surface area contributed by atoms with Crippen molar-refractivity contribution in [2.24, 2.45) is 0 Å². The number of hydrogen-bond donors (Lipinski definition) is 0. The zero-order valence-electron chi connectivity index (χ0n) is 12.6. The SMILES string of the molecule is CC(=O)c1ccc(OCC(=O)c2ccc(OC(F)F)cc2)cc1F. The van der Waals surface area contributed by atoms with Gasteiger partial charge in [0.15, 0.2) is 18.2 Å². The summed E-state index contributed by atoms with van der Waals surface area (Å²) < 4.78 is 47.1. The number of ketones is 2. The molecule has 0 saturated carbocycles. The molecule has 4 nitrogen and oxygen atoms in total. The van der Waals surface area contributed by atoms with E-state index < -0.39 is 24.0 Å². The molecule has 0 aliphatic rings. The fourth-order valence-electron chi connectivity index (χ4n) is 1.93. The molecule has 2 aromatic carbocycles. The molecule has 2 aromatic rings. The highest BCUT2D eigenvalue weighted by atomic mass is 19.3. The first kappa shape index (κ1) is 17.5. The van der Waals surface area contributed by atoms with Gasteiger partial charge in [0.1, 0.15) is 17.3 Å². The molecule has 0 saturated heterocycles. The Morgan fingerprint density at radius 1 is 1.04 bits per heavy atom. The van der Waals surface area contributed by atoms with Gasteiger partial charge in [-0.05, 0) is 43.3 Å². The number of Topliss-reactive ketones (excluding diaryl/α,β-unsaturated/α-hetero) is 2. The van der Waals surface area contributed by atoms with Crippen molar-refractivity contribution >= 4 is 11.6 Å². The summed E-state index contributed by atoms with van der Waals surface area (Å²) >= 11 is 0. The van der Waals surface area contributed by atoms with Crippen LogP contribution in [0.3, 0.4) is 0 Å². The Morgan fingerprint density at radius 3 is 2.21 bits per heavy atom. The summed E-state index contributed by atoms with van der Waals surface area (Å²) in [6, 6.07) is 8.79. The van der Waals surface area contributed by atoms with Gasteiger partial charge in [-0.25, -0.2) is 4.39 Å². The molecule has 0 fully saturated rings. The van der Waals surface area contributed by atoms with Crippen LogP contribution in [0.2, 0.25) is 0 Å². The number of hydrogen-bond acceptors (Lipinski definition) is 4. The van der Waals surface area contributed by atoms with Crippen LogP contribution in [0.4, 0.5) is 13.2 Å². The van der Waals surface area contributed by atoms with Crippen LogP contribution in [0.25, 0.3) is 0 Å². The minimum Gasteiger partial charge on any atom is -0.485 e. The molecule has 0 N–H and O–H groups in total. The monoisotopic (exact) mass is 338 g/mol. The van der Waals surface area contributed by atoms with Crippen LogP contribution >= 0.6 is 0 Å². The molecule has 24 heavy (non-hydrogen) atoms. The van der Waals surface area contributed by atoms with Gasteiger partial charge < -0.3 is 9.47 Å². The maximum Gasteiger partial charge on any atom is 0.387 e. The smallest absolute Gasteiger partial charge is 0.387 e. The summed E-state index contributed by atoms with van der Waals surface area (Å²) in [5, 5.41) is 0. The molecule has 0 amide bonds. The highest BCUT2D eigenvalue weighted by Crippen LogP contribution is 2.18. The van der Waals surface area contributed by atoms with Crippen LogP contribution in [-0.2, 0) is 0 Å². The lowest BCUT2D eigenvalue weighted by Gasteiger charge is -2.08. The maximum atomic E-state index is 13.6. The quantitative estimate of drug-likeness (QED) is 0.719. The average Bonchev–Trinajstić information content (AvgIpc) is 2.52. The number of ether oxygens (including phenoxy) is 2. The van der Waals surface area contributed by atoms with Gasteiger partial charge in [0.2, 0.25) is 0 Å². The molecule has 0 aliphatic carbocycles. The van der Waals surface area contributed by atoms with Crippen molar-refractivity contribution < 1.29 is 32.2 Å². The summed E-state index contributed by atoms with van der Waals surface area (Å²) in [7, 11) is 0. The van der Waals surface area contributed by atoms with Crippen molar-refractivity contribution in [2.75, 3.05) is 6.61 Å². The van der Waals surface area contributed by atoms with E-state index >= 15 is 0 Å².